The second kappa shape index (κ2) is 15.7. The van der Waals surface area contributed by atoms with E-state index in [1.807, 2.05) is 75.4 Å². The van der Waals surface area contributed by atoms with Crippen molar-refractivity contribution in [1.29, 1.82) is 0 Å². The van der Waals surface area contributed by atoms with E-state index in [0.717, 1.165) is 47.6 Å². The van der Waals surface area contributed by atoms with Gasteiger partial charge in [0.25, 0.3) is 5.91 Å². The molecule has 10 nitrogen and oxygen atoms in total. The molecule has 278 valence electrons. The van der Waals surface area contributed by atoms with E-state index < -0.39 is 56.2 Å². The SMILES string of the molecule is CC(C)(C)NC(=O)[C@@H]1CC2CCCCC2CN1C[C@@H](O)[C@H](Cc1ccccc1)NC(=O)[C@@H](NC(=O)c1cc2ccccc2s1)C(C)(C)S(C)(=O)=O. The van der Waals surface area contributed by atoms with E-state index in [4.69, 9.17) is 0 Å². The van der Waals surface area contributed by atoms with Crippen molar-refractivity contribution in [2.75, 3.05) is 19.3 Å². The summed E-state index contributed by atoms with van der Waals surface area (Å²) in [5.41, 5.74) is 0.444. The number of nitrogens with zero attached hydrogens (tertiary/aromatic N) is 1. The highest BCUT2D eigenvalue weighted by molar-refractivity contribution is 7.92. The third-order valence-electron chi connectivity index (χ3n) is 10.7. The van der Waals surface area contributed by atoms with Crippen LogP contribution in [0.3, 0.4) is 0 Å². The molecule has 2 unspecified atom stereocenters. The number of carbonyl (C=O) groups excluding carboxylic acids is 3. The van der Waals surface area contributed by atoms with Crippen LogP contribution in [0.4, 0.5) is 0 Å². The van der Waals surface area contributed by atoms with E-state index >= 15 is 0 Å². The zero-order chi connectivity index (χ0) is 37.1. The highest BCUT2D eigenvalue weighted by Gasteiger charge is 2.46. The Morgan fingerprint density at radius 1 is 0.941 bits per heavy atom. The number of piperidine rings is 1. The van der Waals surface area contributed by atoms with Gasteiger partial charge in [0, 0.05) is 29.6 Å². The zero-order valence-electron chi connectivity index (χ0n) is 30.6. The van der Waals surface area contributed by atoms with Gasteiger partial charge in [-0.05, 0) is 88.8 Å². The molecule has 2 heterocycles. The molecule has 3 aromatic rings. The smallest absolute Gasteiger partial charge is 0.262 e. The third kappa shape index (κ3) is 9.57. The fourth-order valence-electron chi connectivity index (χ4n) is 7.48. The first-order chi connectivity index (χ1) is 23.9. The number of β-amino-alcohol motifs (C(OH)–C–C–N with tert-alkyl or cyclic N) is 1. The largest absolute Gasteiger partial charge is 0.390 e. The molecule has 6 atom stereocenters. The van der Waals surface area contributed by atoms with Gasteiger partial charge in [-0.15, -0.1) is 11.3 Å². The monoisotopic (exact) mass is 738 g/mol. The number of hydrogen-bond acceptors (Lipinski definition) is 8. The minimum absolute atomic E-state index is 0.0683. The van der Waals surface area contributed by atoms with Crippen LogP contribution in [-0.2, 0) is 25.8 Å². The van der Waals surface area contributed by atoms with Gasteiger partial charge in [0.1, 0.15) is 6.04 Å². The number of likely N-dealkylation sites (tertiary alicyclic amines) is 1. The normalized spacial score (nSPS) is 22.0. The maximum absolute atomic E-state index is 14.3. The molecule has 12 heteroatoms. The number of carbonyl (C=O) groups is 3. The van der Waals surface area contributed by atoms with E-state index in [2.05, 4.69) is 20.9 Å². The van der Waals surface area contributed by atoms with Gasteiger partial charge in [-0.25, -0.2) is 8.42 Å². The Hall–Kier alpha value is -3.32. The van der Waals surface area contributed by atoms with Crippen LogP contribution in [0, 0.1) is 11.8 Å². The van der Waals surface area contributed by atoms with Crippen molar-refractivity contribution in [3.63, 3.8) is 0 Å². The molecule has 0 spiro atoms. The molecule has 5 rings (SSSR count). The van der Waals surface area contributed by atoms with E-state index in [1.54, 1.807) is 6.07 Å². The average molecular weight is 739 g/mol. The van der Waals surface area contributed by atoms with Gasteiger partial charge >= 0.3 is 0 Å². The van der Waals surface area contributed by atoms with Crippen LogP contribution < -0.4 is 16.0 Å². The van der Waals surface area contributed by atoms with Crippen LogP contribution in [0.25, 0.3) is 10.1 Å². The van der Waals surface area contributed by atoms with E-state index in [-0.39, 0.29) is 18.9 Å². The van der Waals surface area contributed by atoms with Crippen molar-refractivity contribution in [3.05, 3.63) is 71.1 Å². The van der Waals surface area contributed by atoms with E-state index in [9.17, 15) is 27.9 Å². The predicted octanol–water partition coefficient (Wildman–Crippen LogP) is 4.71. The maximum Gasteiger partial charge on any atom is 0.262 e. The Morgan fingerprint density at radius 3 is 2.24 bits per heavy atom. The van der Waals surface area contributed by atoms with Crippen molar-refractivity contribution in [2.45, 2.75) is 108 Å². The van der Waals surface area contributed by atoms with Crippen molar-refractivity contribution >= 4 is 49.0 Å². The Bertz CT molecular complexity index is 1770. The molecule has 4 N–H and O–H groups in total. The summed E-state index contributed by atoms with van der Waals surface area (Å²) in [5, 5.41) is 21.7. The van der Waals surface area contributed by atoms with Crippen molar-refractivity contribution in [1.82, 2.24) is 20.9 Å². The van der Waals surface area contributed by atoms with Crippen molar-refractivity contribution in [2.24, 2.45) is 11.8 Å². The lowest BCUT2D eigenvalue weighted by Crippen LogP contribution is -2.64. The number of sulfone groups is 1. The lowest BCUT2D eigenvalue weighted by Gasteiger charge is -2.47. The number of hydrogen-bond donors (Lipinski definition) is 4. The van der Waals surface area contributed by atoms with Crippen molar-refractivity contribution in [3.8, 4) is 0 Å². The summed E-state index contributed by atoms with van der Waals surface area (Å²) in [5.74, 6) is -0.465. The summed E-state index contributed by atoms with van der Waals surface area (Å²) in [6.07, 6.45) is 5.38. The quantitative estimate of drug-likeness (QED) is 0.211. The molecule has 2 aromatic carbocycles. The summed E-state index contributed by atoms with van der Waals surface area (Å²) >= 11 is 1.26. The number of thiophene rings is 1. The molecular formula is C39H54N4O6S2. The molecule has 51 heavy (non-hydrogen) atoms. The fraction of sp³-hybridized carbons (Fsp3) is 0.564. The van der Waals surface area contributed by atoms with Gasteiger partial charge in [-0.2, -0.15) is 0 Å². The summed E-state index contributed by atoms with van der Waals surface area (Å²) < 4.78 is 25.4. The summed E-state index contributed by atoms with van der Waals surface area (Å²) in [6, 6.07) is 15.9. The first kappa shape index (κ1) is 38.9. The molecule has 1 aliphatic carbocycles. The highest BCUT2D eigenvalue weighted by atomic mass is 32.2. The Balaban J connectivity index is 1.42. The van der Waals surface area contributed by atoms with Crippen LogP contribution in [0.15, 0.2) is 60.7 Å². The fourth-order valence-corrected chi connectivity index (χ4v) is 9.04. The lowest BCUT2D eigenvalue weighted by molar-refractivity contribution is -0.133. The number of aliphatic hydroxyl groups is 1. The second-order valence-corrected chi connectivity index (χ2v) is 19.7. The van der Waals surface area contributed by atoms with E-state index in [1.165, 1.54) is 25.2 Å². The van der Waals surface area contributed by atoms with Crippen LogP contribution in [0.2, 0.25) is 0 Å². The predicted molar refractivity (Wildman–Crippen MR) is 203 cm³/mol. The number of amides is 3. The maximum atomic E-state index is 14.3. The number of benzene rings is 2. The second-order valence-electron chi connectivity index (χ2n) is 16.1. The lowest BCUT2D eigenvalue weighted by atomic mass is 9.72. The molecule has 0 bridgehead atoms. The summed E-state index contributed by atoms with van der Waals surface area (Å²) in [7, 11) is -3.87. The number of aliphatic hydroxyl groups excluding tert-OH is 1. The zero-order valence-corrected chi connectivity index (χ0v) is 32.3. The molecule has 2 aliphatic rings. The average Bonchev–Trinajstić information content (AvgIpc) is 3.50. The molecule has 0 radical (unpaired) electrons. The minimum atomic E-state index is -3.87. The van der Waals surface area contributed by atoms with Crippen molar-refractivity contribution < 1.29 is 27.9 Å². The number of rotatable bonds is 12. The topological polar surface area (TPSA) is 145 Å². The Morgan fingerprint density at radius 2 is 1.59 bits per heavy atom. The molecule has 1 saturated heterocycles. The highest BCUT2D eigenvalue weighted by Crippen LogP contribution is 2.39. The third-order valence-corrected chi connectivity index (χ3v) is 13.9. The first-order valence-electron chi connectivity index (χ1n) is 18.0. The van der Waals surface area contributed by atoms with Crippen LogP contribution in [0.1, 0.15) is 82.0 Å². The minimum Gasteiger partial charge on any atom is -0.390 e. The summed E-state index contributed by atoms with van der Waals surface area (Å²) in [6.45, 7) is 9.52. The van der Waals surface area contributed by atoms with Gasteiger partial charge < -0.3 is 21.1 Å². The van der Waals surface area contributed by atoms with Gasteiger partial charge in [0.05, 0.1) is 27.8 Å². The number of fused-ring (bicyclic) bond motifs is 2. The van der Waals surface area contributed by atoms with Crippen LogP contribution in [-0.4, -0.2) is 90.0 Å². The van der Waals surface area contributed by atoms with Crippen LogP contribution in [0.5, 0.6) is 0 Å². The molecule has 1 aliphatic heterocycles. The molecule has 1 saturated carbocycles. The number of nitrogens with one attached hydrogen (secondary N) is 3. The molecule has 3 amide bonds. The first-order valence-corrected chi connectivity index (χ1v) is 20.7. The van der Waals surface area contributed by atoms with E-state index in [0.29, 0.717) is 29.7 Å². The molecule has 1 aromatic heterocycles. The van der Waals surface area contributed by atoms with Gasteiger partial charge in [-0.1, -0.05) is 67.8 Å². The molecular weight excluding hydrogens is 685 g/mol. The van der Waals surface area contributed by atoms with Crippen LogP contribution >= 0.6 is 11.3 Å². The van der Waals surface area contributed by atoms with Gasteiger partial charge in [0.2, 0.25) is 11.8 Å². The van der Waals surface area contributed by atoms with Gasteiger partial charge in [-0.3, -0.25) is 19.3 Å². The summed E-state index contributed by atoms with van der Waals surface area (Å²) in [4.78, 5) is 44.0. The Kier molecular flexibility index (Phi) is 12.0. The Labute approximate surface area is 306 Å². The molecule has 2 fully saturated rings. The van der Waals surface area contributed by atoms with Gasteiger partial charge in [0.15, 0.2) is 9.84 Å². The standard InChI is InChI=1S/C39H54N4O6S2/c1-38(2,3)42-35(45)30-21-26-16-10-11-18-28(26)23-43(30)24-31(44)29(20-25-14-8-7-9-15-25)40-37(47)34(39(4,5)51(6,48)49)41-36(46)33-22-27-17-12-13-19-32(27)50-33/h7-9,12-15,17,19,22,26,28-31,34,44H,10-11,16,18,20-21,23-24H2,1-6H3,(H,40,47)(H,41,46)(H,42,45)/t26?,28?,29-,30-,31+,34+/m0/s1.